The minimum absolute atomic E-state index is 0.107. The first-order chi connectivity index (χ1) is 13.0. The van der Waals surface area contributed by atoms with E-state index >= 15 is 0 Å². The highest BCUT2D eigenvalue weighted by atomic mass is 35.5. The maximum atomic E-state index is 12.8. The molecule has 1 amide bonds. The van der Waals surface area contributed by atoms with Crippen LogP contribution in [0.4, 0.5) is 5.69 Å². The first-order valence-corrected chi connectivity index (χ1v) is 11.1. The fourth-order valence-electron chi connectivity index (χ4n) is 3.45. The van der Waals surface area contributed by atoms with E-state index in [4.69, 9.17) is 23.2 Å². The lowest BCUT2D eigenvalue weighted by molar-refractivity contribution is -0.117. The molecule has 1 aliphatic rings. The van der Waals surface area contributed by atoms with Crippen LogP contribution in [0.15, 0.2) is 41.1 Å². The average molecular weight is 437 g/mol. The largest absolute Gasteiger partial charge is 0.322 e. The molecule has 0 fully saturated rings. The lowest BCUT2D eigenvalue weighted by Gasteiger charge is -2.34. The van der Waals surface area contributed by atoms with Crippen LogP contribution in [0, 0.1) is 6.92 Å². The maximum Gasteiger partial charge on any atom is 0.238 e. The summed E-state index contributed by atoms with van der Waals surface area (Å²) in [6.45, 7) is 3.03. The zero-order valence-electron chi connectivity index (χ0n) is 14.7. The van der Waals surface area contributed by atoms with E-state index < -0.39 is 0 Å². The van der Waals surface area contributed by atoms with E-state index in [1.807, 2.05) is 13.0 Å². The number of hydrogen-bond acceptors (Lipinski definition) is 4. The van der Waals surface area contributed by atoms with Gasteiger partial charge < -0.3 is 5.32 Å². The molecular weight excluding hydrogens is 419 g/mol. The van der Waals surface area contributed by atoms with Gasteiger partial charge in [0.1, 0.15) is 0 Å². The molecule has 3 aromatic rings. The number of carbonyl (C=O) groups is 1. The van der Waals surface area contributed by atoms with Gasteiger partial charge in [-0.05, 0) is 53.4 Å². The first kappa shape index (κ1) is 19.0. The Balaban J connectivity index is 1.57. The Morgan fingerprint density at radius 3 is 2.85 bits per heavy atom. The summed E-state index contributed by atoms with van der Waals surface area (Å²) >= 11 is 16.1. The van der Waals surface area contributed by atoms with E-state index in [1.54, 1.807) is 28.7 Å². The highest BCUT2D eigenvalue weighted by molar-refractivity contribution is 7.10. The molecule has 1 aliphatic heterocycles. The van der Waals surface area contributed by atoms with E-state index in [0.29, 0.717) is 22.3 Å². The predicted molar refractivity (Wildman–Crippen MR) is 116 cm³/mol. The van der Waals surface area contributed by atoms with Crippen LogP contribution in [0.1, 0.15) is 26.9 Å². The molecule has 3 nitrogen and oxygen atoms in total. The van der Waals surface area contributed by atoms with Gasteiger partial charge in [0.15, 0.2) is 0 Å². The molecule has 0 spiro atoms. The number of nitrogens with zero attached hydrogens (tertiary/aromatic N) is 1. The third-order valence-corrected chi connectivity index (χ3v) is 7.50. The Bertz CT molecular complexity index is 969. The maximum absolute atomic E-state index is 12.8. The van der Waals surface area contributed by atoms with Crippen molar-refractivity contribution in [1.29, 1.82) is 0 Å². The van der Waals surface area contributed by atoms with Gasteiger partial charge in [-0.15, -0.1) is 22.7 Å². The third kappa shape index (κ3) is 3.80. The molecule has 4 rings (SSSR count). The van der Waals surface area contributed by atoms with E-state index in [9.17, 15) is 4.79 Å². The Morgan fingerprint density at radius 2 is 2.07 bits per heavy atom. The van der Waals surface area contributed by atoms with Gasteiger partial charge in [-0.2, -0.15) is 0 Å². The standard InChI is InChI=1S/C20H18Cl2N2OS2/c1-12-4-5-14(21)19(18(12)22)23-17(25)11-24-8-6-15-13(7-10-27-15)20(24)16-3-2-9-26-16/h2-5,7,9-10,20H,6,8,11H2,1H3,(H,23,25)/t20-/m1/s1. The monoisotopic (exact) mass is 436 g/mol. The zero-order valence-corrected chi connectivity index (χ0v) is 17.8. The normalized spacial score (nSPS) is 16.9. The molecule has 27 heavy (non-hydrogen) atoms. The summed E-state index contributed by atoms with van der Waals surface area (Å²) in [5.41, 5.74) is 2.69. The summed E-state index contributed by atoms with van der Waals surface area (Å²) in [7, 11) is 0. The van der Waals surface area contributed by atoms with Crippen LogP contribution in [0.2, 0.25) is 10.0 Å². The number of hydrogen-bond donors (Lipinski definition) is 1. The molecule has 0 bridgehead atoms. The quantitative estimate of drug-likeness (QED) is 0.542. The molecule has 3 heterocycles. The summed E-state index contributed by atoms with van der Waals surface area (Å²) in [5.74, 6) is -0.107. The molecule has 0 unspecified atom stereocenters. The number of rotatable bonds is 4. The SMILES string of the molecule is Cc1ccc(Cl)c(NC(=O)CN2CCc3sccc3[C@@H]2c2cccs2)c1Cl. The fraction of sp³-hybridized carbons (Fsp3) is 0.250. The van der Waals surface area contributed by atoms with E-state index in [1.165, 1.54) is 15.3 Å². The van der Waals surface area contributed by atoms with Gasteiger partial charge >= 0.3 is 0 Å². The number of aryl methyl sites for hydroxylation is 1. The van der Waals surface area contributed by atoms with Crippen LogP contribution in [0.5, 0.6) is 0 Å². The molecule has 0 radical (unpaired) electrons. The molecule has 0 saturated carbocycles. The summed E-state index contributed by atoms with van der Waals surface area (Å²) in [6.07, 6.45) is 0.966. The average Bonchev–Trinajstić information content (AvgIpc) is 3.33. The van der Waals surface area contributed by atoms with Crippen molar-refractivity contribution in [2.45, 2.75) is 19.4 Å². The van der Waals surface area contributed by atoms with E-state index in [-0.39, 0.29) is 11.9 Å². The second-order valence-electron chi connectivity index (χ2n) is 6.54. The molecule has 1 atom stereocenters. The molecule has 140 valence electrons. The van der Waals surface area contributed by atoms with E-state index in [2.05, 4.69) is 39.2 Å². The molecule has 0 aliphatic carbocycles. The molecule has 1 N–H and O–H groups in total. The second kappa shape index (κ2) is 7.94. The molecule has 2 aromatic heterocycles. The van der Waals surface area contributed by atoms with Gasteiger partial charge in [0.25, 0.3) is 0 Å². The first-order valence-electron chi connectivity index (χ1n) is 8.62. The Hall–Kier alpha value is -1.37. The van der Waals surface area contributed by atoms with Crippen LogP contribution in [0.25, 0.3) is 0 Å². The van der Waals surface area contributed by atoms with Crippen molar-refractivity contribution in [1.82, 2.24) is 4.90 Å². The lowest BCUT2D eigenvalue weighted by atomic mass is 9.98. The van der Waals surface area contributed by atoms with Crippen molar-refractivity contribution in [2.24, 2.45) is 0 Å². The highest BCUT2D eigenvalue weighted by Gasteiger charge is 2.31. The molecule has 1 aromatic carbocycles. The summed E-state index contributed by atoms with van der Waals surface area (Å²) < 4.78 is 0. The van der Waals surface area contributed by atoms with Gasteiger partial charge in [0.05, 0.1) is 28.3 Å². The number of benzene rings is 1. The molecule has 7 heteroatoms. The van der Waals surface area contributed by atoms with Crippen molar-refractivity contribution in [3.8, 4) is 0 Å². The summed E-state index contributed by atoms with van der Waals surface area (Å²) in [6, 6.07) is 10.1. The Morgan fingerprint density at radius 1 is 1.22 bits per heavy atom. The Labute approximate surface area is 176 Å². The van der Waals surface area contributed by atoms with Crippen LogP contribution in [-0.4, -0.2) is 23.9 Å². The lowest BCUT2D eigenvalue weighted by Crippen LogP contribution is -2.40. The van der Waals surface area contributed by atoms with Crippen LogP contribution < -0.4 is 5.32 Å². The molecule has 0 saturated heterocycles. The van der Waals surface area contributed by atoms with Crippen molar-refractivity contribution >= 4 is 57.5 Å². The number of amides is 1. The van der Waals surface area contributed by atoms with Gasteiger partial charge in [-0.25, -0.2) is 0 Å². The number of nitrogens with one attached hydrogen (secondary N) is 1. The van der Waals surface area contributed by atoms with Gasteiger partial charge in [0.2, 0.25) is 5.91 Å². The minimum atomic E-state index is -0.107. The topological polar surface area (TPSA) is 32.3 Å². The van der Waals surface area contributed by atoms with Crippen LogP contribution >= 0.6 is 45.9 Å². The summed E-state index contributed by atoms with van der Waals surface area (Å²) in [5, 5.41) is 8.08. The van der Waals surface area contributed by atoms with Crippen LogP contribution in [0.3, 0.4) is 0 Å². The number of thiophene rings is 2. The number of fused-ring (bicyclic) bond motifs is 1. The van der Waals surface area contributed by atoms with E-state index in [0.717, 1.165) is 18.5 Å². The van der Waals surface area contributed by atoms with Gasteiger partial charge in [0, 0.05) is 16.3 Å². The second-order valence-corrected chi connectivity index (χ2v) is 9.30. The number of carbonyl (C=O) groups excluding carboxylic acids is 1. The predicted octanol–water partition coefficient (Wildman–Crippen LogP) is 6.01. The minimum Gasteiger partial charge on any atom is -0.322 e. The smallest absolute Gasteiger partial charge is 0.238 e. The van der Waals surface area contributed by atoms with Crippen molar-refractivity contribution in [3.63, 3.8) is 0 Å². The number of halogens is 2. The van der Waals surface area contributed by atoms with Gasteiger partial charge in [-0.3, -0.25) is 9.69 Å². The fourth-order valence-corrected chi connectivity index (χ4v) is 5.70. The number of anilines is 1. The van der Waals surface area contributed by atoms with Crippen molar-refractivity contribution in [3.05, 3.63) is 72.0 Å². The van der Waals surface area contributed by atoms with Crippen molar-refractivity contribution < 1.29 is 4.79 Å². The summed E-state index contributed by atoms with van der Waals surface area (Å²) in [4.78, 5) is 17.7. The van der Waals surface area contributed by atoms with Gasteiger partial charge in [-0.1, -0.05) is 35.3 Å². The Kier molecular flexibility index (Phi) is 5.58. The zero-order chi connectivity index (χ0) is 19.0. The third-order valence-electron chi connectivity index (χ3n) is 4.77. The molecular formula is C20H18Cl2N2OS2. The van der Waals surface area contributed by atoms with Crippen LogP contribution in [-0.2, 0) is 11.2 Å². The van der Waals surface area contributed by atoms with Crippen molar-refractivity contribution in [2.75, 3.05) is 18.4 Å². The highest BCUT2D eigenvalue weighted by Crippen LogP contribution is 2.39.